The van der Waals surface area contributed by atoms with Gasteiger partial charge in [0.1, 0.15) is 0 Å². The molecule has 0 aliphatic rings. The molecule has 1 rings (SSSR count). The molecule has 0 bridgehead atoms. The molecule has 2 amide bonds. The maximum Gasteiger partial charge on any atom is 0.267 e. The summed E-state index contributed by atoms with van der Waals surface area (Å²) < 4.78 is 64.9. The van der Waals surface area contributed by atoms with Crippen LogP contribution in [0.3, 0.4) is 0 Å². The van der Waals surface area contributed by atoms with Gasteiger partial charge in [0.25, 0.3) is 10.0 Å². The summed E-state index contributed by atoms with van der Waals surface area (Å²) >= 11 is 0.617. The topological polar surface area (TPSA) is 267 Å². The highest BCUT2D eigenvalue weighted by Gasteiger charge is 2.16. The fourth-order valence-corrected chi connectivity index (χ4v) is 4.28. The van der Waals surface area contributed by atoms with E-state index >= 15 is 0 Å². The van der Waals surface area contributed by atoms with Gasteiger partial charge in [0.2, 0.25) is 21.3 Å². The second kappa shape index (κ2) is 28.6. The van der Waals surface area contributed by atoms with Gasteiger partial charge >= 0.3 is 0 Å². The molecule has 0 fully saturated rings. The Bertz CT molecular complexity index is 1090. The maximum absolute atomic E-state index is 11.9. The molecule has 1 heterocycles. The molecule has 4 N–H and O–H groups in total. The van der Waals surface area contributed by atoms with Crippen LogP contribution >= 0.6 is 11.3 Å². The fraction of sp³-hybridized carbons (Fsp3) is 0.833. The summed E-state index contributed by atoms with van der Waals surface area (Å²) in [5.74, 6) is -0.851. The number of hydrogen-bond donors (Lipinski definition) is 3. The lowest BCUT2D eigenvalue weighted by molar-refractivity contribution is -0.124. The van der Waals surface area contributed by atoms with Crippen molar-refractivity contribution in [1.29, 1.82) is 0 Å². The van der Waals surface area contributed by atoms with Crippen LogP contribution in [0.5, 0.6) is 0 Å². The predicted molar refractivity (Wildman–Crippen MR) is 163 cm³/mol. The Morgan fingerprint density at radius 3 is 1.52 bits per heavy atom. The fourth-order valence-electron chi connectivity index (χ4n) is 2.93. The summed E-state index contributed by atoms with van der Waals surface area (Å²) in [4.78, 5) is 26.3. The molecule has 0 aliphatic carbocycles. The smallest absolute Gasteiger partial charge is 0.267 e. The number of carbonyl (C=O) groups is 2. The molecular weight excluding hydrogens is 656 g/mol. The first-order valence-electron chi connectivity index (χ1n) is 14.4. The molecule has 0 aliphatic heterocycles. The van der Waals surface area contributed by atoms with Gasteiger partial charge in [-0.3, -0.25) is 9.59 Å². The monoisotopic (exact) mass is 700 g/mol. The van der Waals surface area contributed by atoms with Gasteiger partial charge < -0.3 is 48.5 Å². The number of amides is 2. The van der Waals surface area contributed by atoms with E-state index in [0.29, 0.717) is 117 Å². The van der Waals surface area contributed by atoms with Crippen molar-refractivity contribution in [3.05, 3.63) is 10.4 Å². The van der Waals surface area contributed by atoms with Crippen LogP contribution in [0, 0.1) is 0 Å². The molecule has 0 atom stereocenters. The van der Waals surface area contributed by atoms with Gasteiger partial charge in [-0.05, 0) is 5.53 Å². The third-order valence-corrected chi connectivity index (χ3v) is 7.20. The van der Waals surface area contributed by atoms with E-state index in [1.54, 1.807) is 0 Å². The van der Waals surface area contributed by atoms with Gasteiger partial charge in [-0.2, -0.15) is 0 Å². The number of primary sulfonamides is 1. The lowest BCUT2D eigenvalue weighted by atomic mass is 10.3. The molecule has 0 radical (unpaired) electrons. The highest BCUT2D eigenvalue weighted by atomic mass is 32.2. The maximum atomic E-state index is 11.9. The number of hydrogen-bond acceptors (Lipinski definition) is 16. The number of carbonyl (C=O) groups excluding carboxylic acids is 2. The zero-order valence-corrected chi connectivity index (χ0v) is 27.3. The first-order chi connectivity index (χ1) is 22.3. The zero-order chi connectivity index (χ0) is 33.6. The molecule has 22 heteroatoms. The predicted octanol–water partition coefficient (Wildman–Crippen LogP) is -0.536. The van der Waals surface area contributed by atoms with Gasteiger partial charge in [-0.15, -0.1) is 10.2 Å². The normalized spacial score (nSPS) is 11.3. The molecule has 0 saturated heterocycles. The van der Waals surface area contributed by atoms with Gasteiger partial charge in [0.15, 0.2) is 0 Å². The largest absolute Gasteiger partial charge is 0.379 e. The van der Waals surface area contributed by atoms with Crippen LogP contribution in [-0.2, 0) is 57.5 Å². The van der Waals surface area contributed by atoms with E-state index in [1.807, 2.05) is 0 Å². The lowest BCUT2D eigenvalue weighted by Gasteiger charge is -2.09. The van der Waals surface area contributed by atoms with E-state index in [0.717, 1.165) is 0 Å². The Hall–Kier alpha value is -2.60. The summed E-state index contributed by atoms with van der Waals surface area (Å²) in [5.41, 5.74) is 8.13. The van der Waals surface area contributed by atoms with Crippen LogP contribution in [0.2, 0.25) is 0 Å². The second-order valence-electron chi connectivity index (χ2n) is 8.67. The minimum Gasteiger partial charge on any atom is -0.379 e. The zero-order valence-electron chi connectivity index (χ0n) is 25.7. The Morgan fingerprint density at radius 2 is 1.11 bits per heavy atom. The molecule has 0 spiro atoms. The van der Waals surface area contributed by atoms with Crippen molar-refractivity contribution >= 4 is 38.3 Å². The van der Waals surface area contributed by atoms with Crippen LogP contribution in [0.25, 0.3) is 10.4 Å². The van der Waals surface area contributed by atoms with Crippen LogP contribution in [0.4, 0.5) is 5.13 Å². The molecule has 1 aromatic rings. The molecule has 0 saturated carbocycles. The lowest BCUT2D eigenvalue weighted by Crippen LogP contribution is -2.28. The Kier molecular flexibility index (Phi) is 25.8. The second-order valence-corrected chi connectivity index (χ2v) is 11.4. The molecule has 46 heavy (non-hydrogen) atoms. The molecule has 0 aromatic carbocycles. The Morgan fingerprint density at radius 1 is 0.696 bits per heavy atom. The van der Waals surface area contributed by atoms with E-state index < -0.39 is 20.3 Å². The molecule has 1 aromatic heterocycles. The minimum absolute atomic E-state index is 0.0256. The highest BCUT2D eigenvalue weighted by Crippen LogP contribution is 2.18. The summed E-state index contributed by atoms with van der Waals surface area (Å²) in [6.45, 7) is 7.30. The third kappa shape index (κ3) is 25.6. The van der Waals surface area contributed by atoms with Crippen LogP contribution < -0.4 is 15.8 Å². The van der Waals surface area contributed by atoms with E-state index in [2.05, 4.69) is 30.9 Å². The highest BCUT2D eigenvalue weighted by molar-refractivity contribution is 7.91. The van der Waals surface area contributed by atoms with Crippen molar-refractivity contribution in [3.63, 3.8) is 0 Å². The molecule has 0 unspecified atom stereocenters. The van der Waals surface area contributed by atoms with Crippen LogP contribution in [0.1, 0.15) is 12.8 Å². The SMILES string of the molecule is [N-]=[N+]=NCCOCCOCCOCCOCCOCCOCCOCCOCCNC(=O)CCC(=O)Nc1nnc(S(N)(=O)=O)s1. The number of sulfonamides is 1. The number of nitrogens with two attached hydrogens (primary N) is 1. The Balaban J connectivity index is 1.75. The number of anilines is 1. The van der Waals surface area contributed by atoms with Crippen LogP contribution in [-0.4, -0.2) is 149 Å². The van der Waals surface area contributed by atoms with Crippen molar-refractivity contribution in [2.45, 2.75) is 17.2 Å². The summed E-state index contributed by atoms with van der Waals surface area (Å²) in [7, 11) is -3.99. The Labute approximate surface area is 271 Å². The average molecular weight is 701 g/mol. The van der Waals surface area contributed by atoms with E-state index in [-0.39, 0.29) is 37.0 Å². The summed E-state index contributed by atoms with van der Waals surface area (Å²) in [6.07, 6.45) is -0.186. The van der Waals surface area contributed by atoms with E-state index in [1.165, 1.54) is 0 Å². The number of aromatic nitrogens is 2. The van der Waals surface area contributed by atoms with Crippen LogP contribution in [0.15, 0.2) is 9.45 Å². The van der Waals surface area contributed by atoms with E-state index in [9.17, 15) is 18.0 Å². The molecule has 20 nitrogen and oxygen atoms in total. The van der Waals surface area contributed by atoms with Gasteiger partial charge in [-0.1, -0.05) is 16.5 Å². The van der Waals surface area contributed by atoms with E-state index in [4.69, 9.17) is 48.6 Å². The van der Waals surface area contributed by atoms with Crippen molar-refractivity contribution in [3.8, 4) is 0 Å². The van der Waals surface area contributed by atoms with Crippen molar-refractivity contribution < 1.29 is 55.9 Å². The summed E-state index contributed by atoms with van der Waals surface area (Å²) in [6, 6.07) is 0. The first-order valence-corrected chi connectivity index (χ1v) is 16.7. The molecular formula is C24H44N8O12S2. The van der Waals surface area contributed by atoms with Gasteiger partial charge in [-0.25, -0.2) is 13.6 Å². The van der Waals surface area contributed by atoms with Gasteiger partial charge in [0, 0.05) is 30.8 Å². The number of nitrogens with one attached hydrogen (secondary N) is 2. The first kappa shape index (κ1) is 41.4. The quantitative estimate of drug-likeness (QED) is 0.0280. The summed E-state index contributed by atoms with van der Waals surface area (Å²) in [5, 5.41) is 20.1. The molecule has 264 valence electrons. The third-order valence-electron chi connectivity index (χ3n) is 5.05. The number of nitrogens with zero attached hydrogens (tertiary/aromatic N) is 5. The van der Waals surface area contributed by atoms with Crippen molar-refractivity contribution in [2.24, 2.45) is 10.3 Å². The van der Waals surface area contributed by atoms with Crippen molar-refractivity contribution in [2.75, 3.05) is 124 Å². The van der Waals surface area contributed by atoms with Gasteiger partial charge in [0.05, 0.1) is 106 Å². The number of azide groups is 1. The number of ether oxygens (including phenoxy) is 8. The minimum atomic E-state index is -3.99. The number of rotatable bonds is 32. The average Bonchev–Trinajstić information content (AvgIpc) is 3.50. The van der Waals surface area contributed by atoms with Crippen molar-refractivity contribution in [1.82, 2.24) is 15.5 Å². The standard InChI is InChI=1S/C24H44N8O12S2/c25-32-28-4-6-38-8-10-40-12-14-42-16-18-44-20-19-43-17-15-41-13-11-39-9-7-37-5-3-27-21(33)1-2-22(34)29-23-30-31-24(45-23)46(26,35)36/h1-20H2,(H,27,33)(H2,26,35,36)(H,29,30,34).